The van der Waals surface area contributed by atoms with Gasteiger partial charge in [0.05, 0.1) is 16.3 Å². The zero-order valence-electron chi connectivity index (χ0n) is 14.5. The Kier molecular flexibility index (Phi) is 5.23. The second kappa shape index (κ2) is 6.92. The highest BCUT2D eigenvalue weighted by Gasteiger charge is 2.35. The van der Waals surface area contributed by atoms with Crippen molar-refractivity contribution >= 4 is 33.4 Å². The minimum atomic E-state index is -3.92. The summed E-state index contributed by atoms with van der Waals surface area (Å²) in [4.78, 5) is 35.7. The lowest BCUT2D eigenvalue weighted by Gasteiger charge is -2.22. The van der Waals surface area contributed by atoms with Gasteiger partial charge in [0.25, 0.3) is 5.91 Å². The molecule has 0 aliphatic carbocycles. The quantitative estimate of drug-likeness (QED) is 0.315. The number of ether oxygens (including phenoxy) is 1. The third kappa shape index (κ3) is 4.49. The molecule has 1 aromatic carbocycles. The Morgan fingerprint density at radius 1 is 1.31 bits per heavy atom. The van der Waals surface area contributed by atoms with E-state index in [0.29, 0.717) is 0 Å². The van der Waals surface area contributed by atoms with Gasteiger partial charge < -0.3 is 15.4 Å². The van der Waals surface area contributed by atoms with Crippen LogP contribution < -0.4 is 21.9 Å². The van der Waals surface area contributed by atoms with Crippen LogP contribution in [0.4, 0.5) is 10.5 Å². The molecule has 1 aliphatic heterocycles. The predicted molar refractivity (Wildman–Crippen MR) is 91.9 cm³/mol. The number of sulfone groups is 1. The molecule has 0 aromatic heterocycles. The number of fused-ring (bicyclic) bond motifs is 1. The van der Waals surface area contributed by atoms with Gasteiger partial charge in [0.15, 0.2) is 9.84 Å². The fraction of sp³-hybridized carbons (Fsp3) is 0.400. The van der Waals surface area contributed by atoms with Crippen molar-refractivity contribution in [3.8, 4) is 0 Å². The van der Waals surface area contributed by atoms with Crippen LogP contribution in [0, 0.1) is 0 Å². The first-order valence-corrected chi connectivity index (χ1v) is 9.26. The summed E-state index contributed by atoms with van der Waals surface area (Å²) >= 11 is 0. The van der Waals surface area contributed by atoms with E-state index < -0.39 is 45.1 Å². The van der Waals surface area contributed by atoms with Gasteiger partial charge in [-0.1, -0.05) is 0 Å². The molecule has 1 heterocycles. The molecule has 142 valence electrons. The number of amides is 3. The number of nitrogens with one attached hydrogen (secondary N) is 3. The number of nitrogen functional groups attached to an aromatic ring is 1. The number of anilines is 1. The number of hydrogen-bond donors (Lipinski definition) is 4. The number of carbonyl (C=O) groups is 3. The van der Waals surface area contributed by atoms with Crippen LogP contribution in [0.25, 0.3) is 0 Å². The summed E-state index contributed by atoms with van der Waals surface area (Å²) in [5, 5.41) is 4.66. The Balaban J connectivity index is 2.32. The molecule has 0 unspecified atom stereocenters. The fourth-order valence-corrected chi connectivity index (χ4v) is 3.86. The third-order valence-corrected chi connectivity index (χ3v) is 5.16. The molecule has 0 saturated carbocycles. The maximum absolute atomic E-state index is 12.6. The minimum Gasteiger partial charge on any atom is -0.444 e. The van der Waals surface area contributed by atoms with Gasteiger partial charge in [-0.3, -0.25) is 15.0 Å². The average molecular weight is 384 g/mol. The average Bonchev–Trinajstić information content (AvgIpc) is 2.59. The van der Waals surface area contributed by atoms with E-state index in [4.69, 9.17) is 10.6 Å². The molecule has 0 fully saturated rings. The zero-order valence-corrected chi connectivity index (χ0v) is 15.3. The molecule has 5 N–H and O–H groups in total. The van der Waals surface area contributed by atoms with E-state index in [1.54, 1.807) is 20.8 Å². The van der Waals surface area contributed by atoms with Gasteiger partial charge in [-0.2, -0.15) is 0 Å². The van der Waals surface area contributed by atoms with Crippen LogP contribution in [-0.2, 0) is 19.4 Å². The van der Waals surface area contributed by atoms with Crippen LogP contribution >= 0.6 is 0 Å². The summed E-state index contributed by atoms with van der Waals surface area (Å²) in [5.74, 6) is 3.01. The van der Waals surface area contributed by atoms with Gasteiger partial charge in [0.2, 0.25) is 5.91 Å². The molecule has 10 nitrogen and oxygen atoms in total. The molecule has 0 spiro atoms. The van der Waals surface area contributed by atoms with Gasteiger partial charge in [-0.05, 0) is 39.0 Å². The lowest BCUT2D eigenvalue weighted by atomic mass is 10.2. The van der Waals surface area contributed by atoms with Gasteiger partial charge in [-0.15, -0.1) is 0 Å². The van der Waals surface area contributed by atoms with Crippen LogP contribution in [0.1, 0.15) is 31.1 Å². The Morgan fingerprint density at radius 3 is 2.54 bits per heavy atom. The Bertz CT molecular complexity index is 859. The van der Waals surface area contributed by atoms with Crippen molar-refractivity contribution in [3.05, 3.63) is 23.8 Å². The summed E-state index contributed by atoms with van der Waals surface area (Å²) in [6.45, 7) is 4.91. The van der Waals surface area contributed by atoms with Crippen LogP contribution in [0.2, 0.25) is 0 Å². The normalized spacial score (nSPS) is 18.8. The van der Waals surface area contributed by atoms with E-state index in [-0.39, 0.29) is 16.1 Å². The molecule has 1 aliphatic rings. The van der Waals surface area contributed by atoms with Crippen LogP contribution in [0.15, 0.2) is 23.1 Å². The Hall–Kier alpha value is -2.66. The molecule has 26 heavy (non-hydrogen) atoms. The molecule has 1 aromatic rings. The SMILES string of the molecule is CC(C)(C)OC(=O)N[C@H]1CS(=O)(=O)c2ccc(C(=O)NN)cc2NC1=O. The molecule has 0 radical (unpaired) electrons. The number of benzene rings is 1. The molecular formula is C15H20N4O6S. The smallest absolute Gasteiger partial charge is 0.408 e. The van der Waals surface area contributed by atoms with Crippen LogP contribution in [0.5, 0.6) is 0 Å². The van der Waals surface area contributed by atoms with Crippen molar-refractivity contribution in [1.82, 2.24) is 10.7 Å². The maximum atomic E-state index is 12.6. The molecule has 11 heteroatoms. The summed E-state index contributed by atoms with van der Waals surface area (Å²) in [6, 6.07) is 2.31. The standard InChI is InChI=1S/C15H20N4O6S/c1-15(2,3)25-14(22)18-10-7-26(23,24)11-5-4-8(12(20)19-16)6-9(11)17-13(10)21/h4-6,10H,7,16H2,1-3H3,(H,17,21)(H,18,22)(H,19,20)/t10-/m0/s1. The van der Waals surface area contributed by atoms with Crippen LogP contribution in [-0.4, -0.2) is 43.7 Å². The van der Waals surface area contributed by atoms with Gasteiger partial charge in [-0.25, -0.2) is 19.1 Å². The highest BCUT2D eigenvalue weighted by Crippen LogP contribution is 2.27. The van der Waals surface area contributed by atoms with E-state index in [0.717, 1.165) is 0 Å². The predicted octanol–water partition coefficient (Wildman–Crippen LogP) is -0.0908. The van der Waals surface area contributed by atoms with E-state index in [1.807, 2.05) is 5.43 Å². The molecular weight excluding hydrogens is 364 g/mol. The number of alkyl carbamates (subject to hydrolysis) is 1. The fourth-order valence-electron chi connectivity index (χ4n) is 2.29. The number of carbonyl (C=O) groups excluding carboxylic acids is 3. The topological polar surface area (TPSA) is 157 Å². The van der Waals surface area contributed by atoms with E-state index >= 15 is 0 Å². The third-order valence-electron chi connectivity index (χ3n) is 3.36. The number of hydrazine groups is 1. The van der Waals surface area contributed by atoms with E-state index in [1.165, 1.54) is 18.2 Å². The molecule has 2 rings (SSSR count). The molecule has 0 bridgehead atoms. The summed E-state index contributed by atoms with van der Waals surface area (Å²) in [5.41, 5.74) is 1.11. The molecule has 3 amide bonds. The lowest BCUT2D eigenvalue weighted by Crippen LogP contribution is -2.48. The van der Waals surface area contributed by atoms with E-state index in [2.05, 4.69) is 10.6 Å². The van der Waals surface area contributed by atoms with Crippen molar-refractivity contribution in [2.45, 2.75) is 37.3 Å². The highest BCUT2D eigenvalue weighted by molar-refractivity contribution is 7.91. The molecule has 1 atom stereocenters. The van der Waals surface area contributed by atoms with Crippen molar-refractivity contribution < 1.29 is 27.5 Å². The molecule has 0 saturated heterocycles. The van der Waals surface area contributed by atoms with Crippen molar-refractivity contribution in [2.24, 2.45) is 5.84 Å². The maximum Gasteiger partial charge on any atom is 0.408 e. The Labute approximate surface area is 150 Å². The van der Waals surface area contributed by atoms with Crippen molar-refractivity contribution in [3.63, 3.8) is 0 Å². The summed E-state index contributed by atoms with van der Waals surface area (Å²) in [6.07, 6.45) is -0.915. The Morgan fingerprint density at radius 2 is 1.96 bits per heavy atom. The number of rotatable bonds is 2. The first-order valence-electron chi connectivity index (χ1n) is 7.61. The van der Waals surface area contributed by atoms with Crippen molar-refractivity contribution in [2.75, 3.05) is 11.1 Å². The largest absolute Gasteiger partial charge is 0.444 e. The van der Waals surface area contributed by atoms with Gasteiger partial charge >= 0.3 is 6.09 Å². The highest BCUT2D eigenvalue weighted by atomic mass is 32.2. The second-order valence-electron chi connectivity index (χ2n) is 6.65. The van der Waals surface area contributed by atoms with Gasteiger partial charge in [0, 0.05) is 5.56 Å². The minimum absolute atomic E-state index is 0.0652. The first kappa shape index (κ1) is 19.7. The van der Waals surface area contributed by atoms with E-state index in [9.17, 15) is 22.8 Å². The summed E-state index contributed by atoms with van der Waals surface area (Å²) in [7, 11) is -3.92. The van der Waals surface area contributed by atoms with Crippen molar-refractivity contribution in [1.29, 1.82) is 0 Å². The van der Waals surface area contributed by atoms with Crippen LogP contribution in [0.3, 0.4) is 0 Å². The lowest BCUT2D eigenvalue weighted by molar-refractivity contribution is -0.117. The first-order chi connectivity index (χ1) is 11.9. The van der Waals surface area contributed by atoms with Gasteiger partial charge in [0.1, 0.15) is 11.6 Å². The number of nitrogens with two attached hydrogens (primary N) is 1. The summed E-state index contributed by atoms with van der Waals surface area (Å²) < 4.78 is 30.2. The zero-order chi connectivity index (χ0) is 19.7. The number of hydrogen-bond acceptors (Lipinski definition) is 7. The monoisotopic (exact) mass is 384 g/mol. The second-order valence-corrected chi connectivity index (χ2v) is 8.66.